The lowest BCUT2D eigenvalue weighted by Crippen LogP contribution is -2.22. The molecule has 32 heavy (non-hydrogen) atoms. The third-order valence-corrected chi connectivity index (χ3v) is 6.21. The first kappa shape index (κ1) is 23.9. The van der Waals surface area contributed by atoms with E-state index in [0.717, 1.165) is 33.3 Å². The van der Waals surface area contributed by atoms with Crippen molar-refractivity contribution in [2.45, 2.75) is 30.9 Å². The van der Waals surface area contributed by atoms with Crippen LogP contribution in [-0.4, -0.2) is 34.9 Å². The number of thioether (sulfide) groups is 1. The molecule has 0 aliphatic rings. The normalized spacial score (nSPS) is 11.0. The molecule has 2 aromatic carbocycles. The molecule has 9 heteroatoms. The van der Waals surface area contributed by atoms with Crippen molar-refractivity contribution in [1.82, 2.24) is 20.1 Å². The van der Waals surface area contributed by atoms with Crippen molar-refractivity contribution in [3.63, 3.8) is 0 Å². The Kier molecular flexibility index (Phi) is 8.75. The summed E-state index contributed by atoms with van der Waals surface area (Å²) in [5.41, 5.74) is 2.04. The zero-order chi connectivity index (χ0) is 22.9. The van der Waals surface area contributed by atoms with Gasteiger partial charge in [-0.25, -0.2) is 0 Å². The summed E-state index contributed by atoms with van der Waals surface area (Å²) in [6.07, 6.45) is 3.21. The minimum atomic E-state index is -0.213. The molecule has 0 fully saturated rings. The molecule has 0 atom stereocenters. The fourth-order valence-corrected chi connectivity index (χ4v) is 4.20. The van der Waals surface area contributed by atoms with Gasteiger partial charge in [-0.2, -0.15) is 0 Å². The SMILES string of the molecule is CCn1c(CNC(=O)C=Cc2ccc(OC)c(OC)c2)nnc1SCc1ccc(Br)cc1. The van der Waals surface area contributed by atoms with Gasteiger partial charge in [0, 0.05) is 22.8 Å². The molecule has 3 aromatic rings. The summed E-state index contributed by atoms with van der Waals surface area (Å²) < 4.78 is 13.6. The number of hydrogen-bond donors (Lipinski definition) is 1. The highest BCUT2D eigenvalue weighted by Gasteiger charge is 2.12. The van der Waals surface area contributed by atoms with Crippen molar-refractivity contribution in [3.05, 3.63) is 70.0 Å². The third kappa shape index (κ3) is 6.37. The third-order valence-electron chi connectivity index (χ3n) is 4.65. The number of rotatable bonds is 10. The Morgan fingerprint density at radius 3 is 2.56 bits per heavy atom. The molecular weight excluding hydrogens is 492 g/mol. The fraction of sp³-hybridized carbons (Fsp3) is 0.261. The van der Waals surface area contributed by atoms with Crippen LogP contribution in [0.3, 0.4) is 0 Å². The maximum Gasteiger partial charge on any atom is 0.244 e. The van der Waals surface area contributed by atoms with Crippen molar-refractivity contribution < 1.29 is 14.3 Å². The standard InChI is InChI=1S/C23H25BrN4O3S/c1-4-28-21(26-27-23(28)32-15-17-5-9-18(24)10-6-17)14-25-22(29)12-8-16-7-11-19(30-2)20(13-16)31-3/h5-13H,4,14-15H2,1-3H3,(H,25,29). The maximum absolute atomic E-state index is 12.3. The molecule has 0 spiro atoms. The van der Waals surface area contributed by atoms with Gasteiger partial charge in [0.25, 0.3) is 0 Å². The van der Waals surface area contributed by atoms with Crippen molar-refractivity contribution in [1.29, 1.82) is 0 Å². The van der Waals surface area contributed by atoms with Crippen LogP contribution in [0.15, 0.2) is 58.2 Å². The lowest BCUT2D eigenvalue weighted by molar-refractivity contribution is -0.116. The highest BCUT2D eigenvalue weighted by molar-refractivity contribution is 9.10. The Morgan fingerprint density at radius 2 is 1.88 bits per heavy atom. The minimum Gasteiger partial charge on any atom is -0.493 e. The summed E-state index contributed by atoms with van der Waals surface area (Å²) in [4.78, 5) is 12.3. The summed E-state index contributed by atoms with van der Waals surface area (Å²) in [7, 11) is 3.16. The predicted octanol–water partition coefficient (Wildman–Crippen LogP) is 4.70. The number of aromatic nitrogens is 3. The van der Waals surface area contributed by atoms with Gasteiger partial charge in [0.2, 0.25) is 5.91 Å². The van der Waals surface area contributed by atoms with E-state index in [0.29, 0.717) is 18.0 Å². The second-order valence-electron chi connectivity index (χ2n) is 6.72. The molecule has 0 aliphatic carbocycles. The highest BCUT2D eigenvalue weighted by Crippen LogP contribution is 2.28. The van der Waals surface area contributed by atoms with E-state index in [1.807, 2.05) is 35.8 Å². The number of nitrogens with one attached hydrogen (secondary N) is 1. The largest absolute Gasteiger partial charge is 0.493 e. The molecule has 0 unspecified atom stereocenters. The molecule has 0 radical (unpaired) electrons. The molecule has 0 saturated heterocycles. The van der Waals surface area contributed by atoms with Crippen molar-refractivity contribution in [3.8, 4) is 11.5 Å². The molecule has 1 amide bonds. The number of benzene rings is 2. The lowest BCUT2D eigenvalue weighted by atomic mass is 10.2. The van der Waals surface area contributed by atoms with Crippen LogP contribution >= 0.6 is 27.7 Å². The monoisotopic (exact) mass is 516 g/mol. The van der Waals surface area contributed by atoms with Gasteiger partial charge in [-0.1, -0.05) is 45.9 Å². The first-order valence-corrected chi connectivity index (χ1v) is 11.8. The Morgan fingerprint density at radius 1 is 1.12 bits per heavy atom. The maximum atomic E-state index is 12.3. The van der Waals surface area contributed by atoms with Crippen LogP contribution in [0.4, 0.5) is 0 Å². The molecule has 0 aliphatic heterocycles. The van der Waals surface area contributed by atoms with Crippen LogP contribution in [-0.2, 0) is 23.6 Å². The number of halogens is 1. The van der Waals surface area contributed by atoms with Gasteiger partial charge in [0.05, 0.1) is 20.8 Å². The van der Waals surface area contributed by atoms with Crippen LogP contribution < -0.4 is 14.8 Å². The summed E-state index contributed by atoms with van der Waals surface area (Å²) in [6, 6.07) is 13.7. The number of carbonyl (C=O) groups excluding carboxylic acids is 1. The lowest BCUT2D eigenvalue weighted by Gasteiger charge is -2.08. The molecule has 7 nitrogen and oxygen atoms in total. The quantitative estimate of drug-likeness (QED) is 0.310. The number of amides is 1. The first-order chi connectivity index (χ1) is 15.5. The van der Waals surface area contributed by atoms with Crippen LogP contribution in [0.1, 0.15) is 23.9 Å². The van der Waals surface area contributed by atoms with Gasteiger partial charge in [-0.05, 0) is 48.4 Å². The summed E-state index contributed by atoms with van der Waals surface area (Å²) in [5.74, 6) is 2.56. The smallest absolute Gasteiger partial charge is 0.244 e. The van der Waals surface area contributed by atoms with E-state index in [1.165, 1.54) is 11.6 Å². The number of hydrogen-bond acceptors (Lipinski definition) is 6. The number of methoxy groups -OCH3 is 2. The Balaban J connectivity index is 1.57. The van der Waals surface area contributed by atoms with Gasteiger partial charge in [0.15, 0.2) is 22.5 Å². The van der Waals surface area contributed by atoms with Crippen molar-refractivity contribution in [2.75, 3.05) is 14.2 Å². The van der Waals surface area contributed by atoms with E-state index in [-0.39, 0.29) is 5.91 Å². The average molecular weight is 517 g/mol. The Labute approximate surface area is 200 Å². The Hall–Kier alpha value is -2.78. The summed E-state index contributed by atoms with van der Waals surface area (Å²) in [6.45, 7) is 3.06. The van der Waals surface area contributed by atoms with E-state index in [9.17, 15) is 4.79 Å². The second kappa shape index (κ2) is 11.7. The van der Waals surface area contributed by atoms with E-state index < -0.39 is 0 Å². The average Bonchev–Trinajstić information content (AvgIpc) is 3.22. The van der Waals surface area contributed by atoms with Crippen molar-refractivity contribution in [2.24, 2.45) is 0 Å². The number of carbonyl (C=O) groups is 1. The zero-order valence-corrected chi connectivity index (χ0v) is 20.6. The van der Waals surface area contributed by atoms with Gasteiger partial charge in [-0.3, -0.25) is 4.79 Å². The van der Waals surface area contributed by atoms with Crippen LogP contribution in [0, 0.1) is 0 Å². The summed E-state index contributed by atoms with van der Waals surface area (Å²) in [5, 5.41) is 12.3. The van der Waals surface area contributed by atoms with E-state index >= 15 is 0 Å². The predicted molar refractivity (Wildman–Crippen MR) is 130 cm³/mol. The molecule has 0 bridgehead atoms. The van der Waals surface area contributed by atoms with Crippen LogP contribution in [0.25, 0.3) is 6.08 Å². The molecule has 0 saturated carbocycles. The number of nitrogens with zero attached hydrogens (tertiary/aromatic N) is 3. The molecular formula is C23H25BrN4O3S. The fourth-order valence-electron chi connectivity index (χ4n) is 2.96. The topological polar surface area (TPSA) is 78.3 Å². The minimum absolute atomic E-state index is 0.213. The zero-order valence-electron chi connectivity index (χ0n) is 18.2. The molecule has 1 aromatic heterocycles. The van der Waals surface area contributed by atoms with Gasteiger partial charge in [0.1, 0.15) is 0 Å². The number of ether oxygens (including phenoxy) is 2. The van der Waals surface area contributed by atoms with Gasteiger partial charge in [-0.15, -0.1) is 10.2 Å². The highest BCUT2D eigenvalue weighted by atomic mass is 79.9. The van der Waals surface area contributed by atoms with Gasteiger partial charge >= 0.3 is 0 Å². The van der Waals surface area contributed by atoms with Crippen LogP contribution in [0.2, 0.25) is 0 Å². The van der Waals surface area contributed by atoms with E-state index in [2.05, 4.69) is 43.6 Å². The molecule has 3 rings (SSSR count). The van der Waals surface area contributed by atoms with E-state index in [4.69, 9.17) is 9.47 Å². The molecule has 1 heterocycles. The first-order valence-electron chi connectivity index (χ1n) is 10.0. The van der Waals surface area contributed by atoms with Gasteiger partial charge < -0.3 is 19.4 Å². The molecule has 1 N–H and O–H groups in total. The van der Waals surface area contributed by atoms with E-state index in [1.54, 1.807) is 38.1 Å². The Bertz CT molecular complexity index is 1080. The second-order valence-corrected chi connectivity index (χ2v) is 8.58. The summed E-state index contributed by atoms with van der Waals surface area (Å²) >= 11 is 5.07. The molecule has 168 valence electrons. The van der Waals surface area contributed by atoms with Crippen LogP contribution in [0.5, 0.6) is 11.5 Å². The van der Waals surface area contributed by atoms with Crippen molar-refractivity contribution >= 4 is 39.7 Å².